The van der Waals surface area contributed by atoms with Gasteiger partial charge in [-0.1, -0.05) is 6.07 Å². The predicted molar refractivity (Wildman–Crippen MR) is 86.9 cm³/mol. The molecule has 0 fully saturated rings. The summed E-state index contributed by atoms with van der Waals surface area (Å²) in [6, 6.07) is 6.45. The smallest absolute Gasteiger partial charge is 0.115 e. The van der Waals surface area contributed by atoms with E-state index in [1.54, 1.807) is 17.4 Å². The molecule has 0 aliphatic heterocycles. The van der Waals surface area contributed by atoms with E-state index in [0.29, 0.717) is 17.8 Å². The van der Waals surface area contributed by atoms with Crippen LogP contribution in [0.25, 0.3) is 0 Å². The van der Waals surface area contributed by atoms with Gasteiger partial charge in [0, 0.05) is 17.0 Å². The molecule has 1 aliphatic carbocycles. The molecule has 2 N–H and O–H groups in total. The minimum Gasteiger partial charge on any atom is -0.508 e. The lowest BCUT2D eigenvalue weighted by molar-refractivity contribution is 0.414. The quantitative estimate of drug-likeness (QED) is 0.893. The third-order valence-corrected chi connectivity index (χ3v) is 5.48. The molecule has 0 radical (unpaired) electrons. The number of aromatic nitrogens is 1. The van der Waals surface area contributed by atoms with Crippen LogP contribution in [-0.2, 0) is 6.42 Å². The maximum absolute atomic E-state index is 9.65. The average Bonchev–Trinajstić information content (AvgIpc) is 2.77. The van der Waals surface area contributed by atoms with Crippen molar-refractivity contribution in [3.63, 3.8) is 0 Å². The van der Waals surface area contributed by atoms with E-state index in [9.17, 15) is 5.11 Å². The molecule has 3 rings (SSSR count). The van der Waals surface area contributed by atoms with Gasteiger partial charge in [-0.15, -0.1) is 11.3 Å². The Balaban J connectivity index is 1.82. The van der Waals surface area contributed by atoms with Gasteiger partial charge >= 0.3 is 0 Å². The van der Waals surface area contributed by atoms with Crippen LogP contribution in [0.2, 0.25) is 0 Å². The van der Waals surface area contributed by atoms with Gasteiger partial charge in [0.05, 0.1) is 10.7 Å². The molecule has 21 heavy (non-hydrogen) atoms. The summed E-state index contributed by atoms with van der Waals surface area (Å²) in [4.78, 5) is 5.86. The molecule has 0 saturated heterocycles. The normalized spacial score (nSPS) is 19.3. The molecule has 0 bridgehead atoms. The van der Waals surface area contributed by atoms with Crippen LogP contribution >= 0.6 is 11.3 Å². The maximum atomic E-state index is 9.65. The number of hydrogen-bond donors (Lipinski definition) is 2. The largest absolute Gasteiger partial charge is 0.508 e. The molecule has 1 aromatic heterocycles. The first-order valence-corrected chi connectivity index (χ1v) is 8.38. The van der Waals surface area contributed by atoms with Crippen molar-refractivity contribution in [2.75, 3.05) is 0 Å². The lowest BCUT2D eigenvalue weighted by Crippen LogP contribution is -2.27. The first-order chi connectivity index (χ1) is 10.0. The molecule has 0 saturated carbocycles. The SMILES string of the molecule is Cc1nc(C)c(C(C)NC2CCCc3cc(O)ccc32)s1. The standard InChI is InChI=1S/C17H22N2OS/c1-10-17(21-12(3)18-10)11(2)19-16-6-4-5-13-9-14(20)7-8-15(13)16/h7-9,11,16,19-20H,4-6H2,1-3H3. The number of aromatic hydroxyl groups is 1. The summed E-state index contributed by atoms with van der Waals surface area (Å²) in [5, 5.41) is 14.5. The van der Waals surface area contributed by atoms with Gasteiger partial charge in [-0.05, 0) is 63.3 Å². The zero-order valence-corrected chi connectivity index (χ0v) is 13.6. The van der Waals surface area contributed by atoms with Crippen molar-refractivity contribution in [2.24, 2.45) is 0 Å². The minimum atomic E-state index is 0.306. The Kier molecular flexibility index (Phi) is 4.00. The number of nitrogens with one attached hydrogen (secondary N) is 1. The summed E-state index contributed by atoms with van der Waals surface area (Å²) >= 11 is 1.78. The van der Waals surface area contributed by atoms with Crippen LogP contribution in [0.1, 0.15) is 58.6 Å². The molecule has 1 heterocycles. The van der Waals surface area contributed by atoms with E-state index < -0.39 is 0 Å². The number of phenolic OH excluding ortho intramolecular Hbond substituents is 1. The summed E-state index contributed by atoms with van der Waals surface area (Å²) < 4.78 is 0. The molecule has 4 heteroatoms. The summed E-state index contributed by atoms with van der Waals surface area (Å²) in [6.07, 6.45) is 3.38. The van der Waals surface area contributed by atoms with Crippen molar-refractivity contribution in [3.05, 3.63) is 44.9 Å². The van der Waals surface area contributed by atoms with Crippen LogP contribution in [0.5, 0.6) is 5.75 Å². The van der Waals surface area contributed by atoms with Crippen molar-refractivity contribution < 1.29 is 5.11 Å². The van der Waals surface area contributed by atoms with E-state index in [2.05, 4.69) is 37.1 Å². The molecule has 2 aromatic rings. The molecule has 0 amide bonds. The van der Waals surface area contributed by atoms with Crippen LogP contribution in [0, 0.1) is 13.8 Å². The van der Waals surface area contributed by atoms with Crippen LogP contribution in [0.15, 0.2) is 18.2 Å². The highest BCUT2D eigenvalue weighted by atomic mass is 32.1. The molecule has 2 unspecified atom stereocenters. The molecule has 2 atom stereocenters. The van der Waals surface area contributed by atoms with E-state index in [1.165, 1.54) is 22.4 Å². The maximum Gasteiger partial charge on any atom is 0.115 e. The zero-order chi connectivity index (χ0) is 15.0. The van der Waals surface area contributed by atoms with Gasteiger partial charge in [-0.2, -0.15) is 0 Å². The number of benzene rings is 1. The van der Waals surface area contributed by atoms with Gasteiger partial charge in [-0.25, -0.2) is 4.98 Å². The fourth-order valence-electron chi connectivity index (χ4n) is 3.30. The third-order valence-electron chi connectivity index (χ3n) is 4.22. The van der Waals surface area contributed by atoms with E-state index in [0.717, 1.165) is 23.5 Å². The van der Waals surface area contributed by atoms with Crippen molar-refractivity contribution >= 4 is 11.3 Å². The van der Waals surface area contributed by atoms with E-state index >= 15 is 0 Å². The summed E-state index contributed by atoms with van der Waals surface area (Å²) in [5.74, 6) is 0.372. The number of aryl methyl sites for hydroxylation is 3. The zero-order valence-electron chi connectivity index (χ0n) is 12.8. The molecule has 1 aromatic carbocycles. The van der Waals surface area contributed by atoms with E-state index in [4.69, 9.17) is 0 Å². The number of fused-ring (bicyclic) bond motifs is 1. The summed E-state index contributed by atoms with van der Waals surface area (Å²) in [6.45, 7) is 6.37. The lowest BCUT2D eigenvalue weighted by Gasteiger charge is -2.29. The van der Waals surface area contributed by atoms with Crippen LogP contribution in [0.4, 0.5) is 0 Å². The molecule has 0 spiro atoms. The van der Waals surface area contributed by atoms with Gasteiger partial charge in [0.15, 0.2) is 0 Å². The van der Waals surface area contributed by atoms with Gasteiger partial charge < -0.3 is 10.4 Å². The van der Waals surface area contributed by atoms with Crippen LogP contribution in [0.3, 0.4) is 0 Å². The minimum absolute atomic E-state index is 0.306. The number of phenols is 1. The molecule has 1 aliphatic rings. The Bertz CT molecular complexity index is 650. The van der Waals surface area contributed by atoms with Crippen molar-refractivity contribution in [3.8, 4) is 5.75 Å². The Morgan fingerprint density at radius 1 is 1.38 bits per heavy atom. The van der Waals surface area contributed by atoms with E-state index in [1.807, 2.05) is 6.07 Å². The summed E-state index contributed by atoms with van der Waals surface area (Å²) in [7, 11) is 0. The molecular formula is C17H22N2OS. The molecule has 112 valence electrons. The molecule has 3 nitrogen and oxygen atoms in total. The van der Waals surface area contributed by atoms with Crippen molar-refractivity contribution in [1.82, 2.24) is 10.3 Å². The summed E-state index contributed by atoms with van der Waals surface area (Å²) in [5.41, 5.74) is 3.76. The monoisotopic (exact) mass is 302 g/mol. The fraction of sp³-hybridized carbons (Fsp3) is 0.471. The van der Waals surface area contributed by atoms with E-state index in [-0.39, 0.29) is 0 Å². The fourth-order valence-corrected chi connectivity index (χ4v) is 4.24. The van der Waals surface area contributed by atoms with Crippen LogP contribution < -0.4 is 5.32 Å². The van der Waals surface area contributed by atoms with Crippen LogP contribution in [-0.4, -0.2) is 10.1 Å². The third kappa shape index (κ3) is 2.97. The Labute approximate surface area is 130 Å². The lowest BCUT2D eigenvalue weighted by atomic mass is 9.87. The highest BCUT2D eigenvalue weighted by molar-refractivity contribution is 7.11. The van der Waals surface area contributed by atoms with Gasteiger partial charge in [0.1, 0.15) is 5.75 Å². The van der Waals surface area contributed by atoms with Gasteiger partial charge in [0.25, 0.3) is 0 Å². The topological polar surface area (TPSA) is 45.2 Å². The number of rotatable bonds is 3. The highest BCUT2D eigenvalue weighted by Gasteiger charge is 2.23. The second-order valence-electron chi connectivity index (χ2n) is 5.90. The number of hydrogen-bond acceptors (Lipinski definition) is 4. The Morgan fingerprint density at radius 2 is 2.19 bits per heavy atom. The number of thiazole rings is 1. The highest BCUT2D eigenvalue weighted by Crippen LogP contribution is 2.34. The van der Waals surface area contributed by atoms with Gasteiger partial charge in [0.2, 0.25) is 0 Å². The predicted octanol–water partition coefficient (Wildman–Crippen LogP) is 4.19. The van der Waals surface area contributed by atoms with Crippen molar-refractivity contribution in [1.29, 1.82) is 0 Å². The first kappa shape index (κ1) is 14.5. The average molecular weight is 302 g/mol. The number of nitrogens with zero attached hydrogens (tertiary/aromatic N) is 1. The second kappa shape index (κ2) is 5.78. The first-order valence-electron chi connectivity index (χ1n) is 7.56. The van der Waals surface area contributed by atoms with Gasteiger partial charge in [-0.3, -0.25) is 0 Å². The van der Waals surface area contributed by atoms with Crippen molar-refractivity contribution in [2.45, 2.75) is 52.1 Å². The Hall–Kier alpha value is -1.39. The second-order valence-corrected chi connectivity index (χ2v) is 7.13. The molecular weight excluding hydrogens is 280 g/mol. The Morgan fingerprint density at radius 3 is 2.90 bits per heavy atom.